The topological polar surface area (TPSA) is 42.7 Å². The summed E-state index contributed by atoms with van der Waals surface area (Å²) in [5.41, 5.74) is 0.0804. The van der Waals surface area contributed by atoms with E-state index in [-0.39, 0.29) is 23.7 Å². The van der Waals surface area contributed by atoms with Crippen LogP contribution in [0.25, 0.3) is 0 Å². The first-order valence-electron chi connectivity index (χ1n) is 5.33. The molecule has 0 saturated heterocycles. The van der Waals surface area contributed by atoms with E-state index in [0.717, 1.165) is 0 Å². The van der Waals surface area contributed by atoms with Crippen molar-refractivity contribution in [1.29, 1.82) is 0 Å². The minimum Gasteiger partial charge on any atom is -0.458 e. The third kappa shape index (κ3) is 5.24. The summed E-state index contributed by atoms with van der Waals surface area (Å²) in [6.45, 7) is 7.41. The molecule has 0 aliphatic heterocycles. The van der Waals surface area contributed by atoms with Crippen LogP contribution in [0.4, 0.5) is 0 Å². The van der Waals surface area contributed by atoms with Gasteiger partial charge in [0.05, 0.1) is 6.26 Å². The molecule has 17 heavy (non-hydrogen) atoms. The van der Waals surface area contributed by atoms with E-state index in [2.05, 4.69) is 25.7 Å². The summed E-state index contributed by atoms with van der Waals surface area (Å²) in [6, 6.07) is 3.26. The van der Waals surface area contributed by atoms with Crippen LogP contribution in [0.3, 0.4) is 0 Å². The van der Waals surface area contributed by atoms with Gasteiger partial charge in [0.15, 0.2) is 0 Å². The van der Waals surface area contributed by atoms with E-state index in [9.17, 15) is 4.79 Å². The van der Waals surface area contributed by atoms with Crippen molar-refractivity contribution in [3.8, 4) is 0 Å². The van der Waals surface area contributed by atoms with E-state index in [1.807, 2.05) is 7.05 Å². The summed E-state index contributed by atoms with van der Waals surface area (Å²) in [5, 5.41) is 0. The number of carbonyl (C=O) groups is 1. The summed E-state index contributed by atoms with van der Waals surface area (Å²) in [4.78, 5) is 13.5. The highest BCUT2D eigenvalue weighted by Gasteiger charge is 2.17. The molecule has 0 bridgehead atoms. The van der Waals surface area contributed by atoms with Crippen LogP contribution < -0.4 is 0 Å². The second-order valence-electron chi connectivity index (χ2n) is 4.71. The van der Waals surface area contributed by atoms with Gasteiger partial charge in [0.25, 0.3) is 0 Å². The zero-order valence-electron chi connectivity index (χ0n) is 10.7. The van der Waals surface area contributed by atoms with Crippen LogP contribution in [0.15, 0.2) is 22.8 Å². The average Bonchev–Trinajstić information content (AvgIpc) is 2.68. The monoisotopic (exact) mass is 261 g/mol. The lowest BCUT2D eigenvalue weighted by Crippen LogP contribution is -2.40. The van der Waals surface area contributed by atoms with E-state index >= 15 is 0 Å². The molecule has 1 heterocycles. The maximum Gasteiger partial charge on any atom is 0.374 e. The highest BCUT2D eigenvalue weighted by atomic mass is 35.5. The molecule has 1 aromatic heterocycles. The predicted molar refractivity (Wildman–Crippen MR) is 68.6 cm³/mol. The van der Waals surface area contributed by atoms with Gasteiger partial charge in [-0.1, -0.05) is 0 Å². The van der Waals surface area contributed by atoms with Crippen LogP contribution >= 0.6 is 12.4 Å². The fourth-order valence-corrected chi connectivity index (χ4v) is 1.08. The van der Waals surface area contributed by atoms with Crippen LogP contribution in [-0.2, 0) is 4.74 Å². The van der Waals surface area contributed by atoms with Crippen molar-refractivity contribution in [2.75, 3.05) is 20.2 Å². The second kappa shape index (κ2) is 6.67. The van der Waals surface area contributed by atoms with Gasteiger partial charge in [0, 0.05) is 12.1 Å². The zero-order valence-corrected chi connectivity index (χ0v) is 11.5. The molecule has 0 aliphatic rings. The van der Waals surface area contributed by atoms with Crippen molar-refractivity contribution >= 4 is 18.4 Å². The standard InChI is InChI=1S/C12H19NO3.ClH/c1-12(2,3)13(4)7-9-16-11(14)10-6-5-8-15-10;/h5-6,8H,7,9H2,1-4H3;1H. The fourth-order valence-electron chi connectivity index (χ4n) is 1.08. The van der Waals surface area contributed by atoms with Gasteiger partial charge in [-0.25, -0.2) is 4.79 Å². The molecule has 1 aromatic rings. The number of hydrogen-bond acceptors (Lipinski definition) is 4. The molecule has 0 saturated carbocycles. The number of halogens is 1. The maximum absolute atomic E-state index is 11.4. The van der Waals surface area contributed by atoms with Crippen molar-refractivity contribution in [2.45, 2.75) is 26.3 Å². The van der Waals surface area contributed by atoms with E-state index < -0.39 is 5.97 Å². The first kappa shape index (κ1) is 16.0. The van der Waals surface area contributed by atoms with Gasteiger partial charge in [-0.3, -0.25) is 4.90 Å². The molecule has 0 N–H and O–H groups in total. The van der Waals surface area contributed by atoms with Crippen LogP contribution in [0.5, 0.6) is 0 Å². The van der Waals surface area contributed by atoms with Gasteiger partial charge in [0.1, 0.15) is 6.61 Å². The first-order chi connectivity index (χ1) is 7.41. The number of rotatable bonds is 4. The number of hydrogen-bond donors (Lipinski definition) is 0. The smallest absolute Gasteiger partial charge is 0.374 e. The normalized spacial score (nSPS) is 11.1. The van der Waals surface area contributed by atoms with Crippen molar-refractivity contribution < 1.29 is 13.9 Å². The van der Waals surface area contributed by atoms with Crippen molar-refractivity contribution in [1.82, 2.24) is 4.90 Å². The molecule has 0 aromatic carbocycles. The Morgan fingerprint density at radius 3 is 2.59 bits per heavy atom. The fraction of sp³-hybridized carbons (Fsp3) is 0.583. The molecular weight excluding hydrogens is 242 g/mol. The van der Waals surface area contributed by atoms with E-state index in [1.165, 1.54) is 6.26 Å². The third-order valence-electron chi connectivity index (χ3n) is 2.53. The molecule has 0 fully saturated rings. The number of ether oxygens (including phenoxy) is 1. The van der Waals surface area contributed by atoms with Crippen LogP contribution in [0.2, 0.25) is 0 Å². The first-order valence-corrected chi connectivity index (χ1v) is 5.33. The molecule has 0 amide bonds. The number of likely N-dealkylation sites (N-methyl/N-ethyl adjacent to an activating group) is 1. The summed E-state index contributed by atoms with van der Waals surface area (Å²) in [7, 11) is 2.00. The van der Waals surface area contributed by atoms with Crippen molar-refractivity contribution in [2.24, 2.45) is 0 Å². The Morgan fingerprint density at radius 2 is 2.12 bits per heavy atom. The molecule has 5 heteroatoms. The van der Waals surface area contributed by atoms with Crippen LogP contribution in [0.1, 0.15) is 31.3 Å². The number of esters is 1. The molecule has 4 nitrogen and oxygen atoms in total. The summed E-state index contributed by atoms with van der Waals surface area (Å²) in [6.07, 6.45) is 1.46. The minimum atomic E-state index is -0.410. The third-order valence-corrected chi connectivity index (χ3v) is 2.53. The molecule has 1 rings (SSSR count). The Hall–Kier alpha value is -1.00. The molecule has 0 unspecified atom stereocenters. The molecular formula is C12H20ClNO3. The summed E-state index contributed by atoms with van der Waals surface area (Å²) in [5.74, 6) is -0.161. The van der Waals surface area contributed by atoms with Gasteiger partial charge >= 0.3 is 5.97 Å². The lowest BCUT2D eigenvalue weighted by Gasteiger charge is -2.31. The van der Waals surface area contributed by atoms with Gasteiger partial charge in [0.2, 0.25) is 5.76 Å². The molecule has 0 spiro atoms. The molecule has 0 aliphatic carbocycles. The summed E-state index contributed by atoms with van der Waals surface area (Å²) < 4.78 is 10.0. The van der Waals surface area contributed by atoms with E-state index in [0.29, 0.717) is 13.2 Å². The van der Waals surface area contributed by atoms with Crippen LogP contribution in [-0.4, -0.2) is 36.6 Å². The van der Waals surface area contributed by atoms with Crippen LogP contribution in [0, 0.1) is 0 Å². The Bertz CT molecular complexity index is 330. The molecule has 0 radical (unpaired) electrons. The Morgan fingerprint density at radius 1 is 1.47 bits per heavy atom. The second-order valence-corrected chi connectivity index (χ2v) is 4.71. The minimum absolute atomic E-state index is 0. The Kier molecular flexibility index (Phi) is 6.27. The Labute approximate surface area is 108 Å². The lowest BCUT2D eigenvalue weighted by atomic mass is 10.1. The van der Waals surface area contributed by atoms with Gasteiger partial charge in [-0.2, -0.15) is 0 Å². The number of nitrogens with zero attached hydrogens (tertiary/aromatic N) is 1. The van der Waals surface area contributed by atoms with Gasteiger partial charge in [-0.15, -0.1) is 12.4 Å². The highest BCUT2D eigenvalue weighted by Crippen LogP contribution is 2.09. The van der Waals surface area contributed by atoms with Crippen molar-refractivity contribution in [3.05, 3.63) is 24.2 Å². The Balaban J connectivity index is 0.00000256. The lowest BCUT2D eigenvalue weighted by molar-refractivity contribution is 0.0390. The molecule has 0 atom stereocenters. The van der Waals surface area contributed by atoms with E-state index in [1.54, 1.807) is 12.1 Å². The van der Waals surface area contributed by atoms with Crippen molar-refractivity contribution in [3.63, 3.8) is 0 Å². The van der Waals surface area contributed by atoms with Gasteiger partial charge < -0.3 is 9.15 Å². The maximum atomic E-state index is 11.4. The van der Waals surface area contributed by atoms with Gasteiger partial charge in [-0.05, 0) is 40.0 Å². The highest BCUT2D eigenvalue weighted by molar-refractivity contribution is 5.86. The average molecular weight is 262 g/mol. The van der Waals surface area contributed by atoms with E-state index in [4.69, 9.17) is 9.15 Å². The largest absolute Gasteiger partial charge is 0.458 e. The SMILES string of the molecule is CN(CCOC(=O)c1ccco1)C(C)(C)C.Cl. The predicted octanol–water partition coefficient (Wildman–Crippen LogP) is 2.59. The number of carbonyl (C=O) groups excluding carboxylic acids is 1. The quantitative estimate of drug-likeness (QED) is 0.782. The zero-order chi connectivity index (χ0) is 12.2. The molecule has 98 valence electrons. The summed E-state index contributed by atoms with van der Waals surface area (Å²) >= 11 is 0. The number of furan rings is 1.